The van der Waals surface area contributed by atoms with E-state index in [4.69, 9.17) is 9.84 Å². The van der Waals surface area contributed by atoms with Crippen molar-refractivity contribution < 1.29 is 19.4 Å². The molecule has 1 heterocycles. The molecule has 0 saturated carbocycles. The third kappa shape index (κ3) is 5.34. The number of nitrogens with zero attached hydrogens (tertiary/aromatic N) is 1. The molecule has 0 unspecified atom stereocenters. The average molecular weight is 348 g/mol. The van der Waals surface area contributed by atoms with Crippen LogP contribution in [0.15, 0.2) is 29.6 Å². The fourth-order valence-corrected chi connectivity index (χ4v) is 2.64. The Morgan fingerprint density at radius 3 is 2.75 bits per heavy atom. The molecule has 6 nitrogen and oxygen atoms in total. The Bertz CT molecular complexity index is 712. The molecular weight excluding hydrogens is 328 g/mol. The van der Waals surface area contributed by atoms with Crippen LogP contribution in [0.4, 0.5) is 5.13 Å². The normalized spacial score (nSPS) is 10.6. The number of hydrogen-bond donors (Lipinski definition) is 2. The van der Waals surface area contributed by atoms with Gasteiger partial charge in [0.25, 0.3) is 0 Å². The molecule has 24 heavy (non-hydrogen) atoms. The first kappa shape index (κ1) is 17.9. The predicted molar refractivity (Wildman–Crippen MR) is 93.4 cm³/mol. The van der Waals surface area contributed by atoms with Crippen molar-refractivity contribution in [3.63, 3.8) is 0 Å². The highest BCUT2D eigenvalue weighted by Crippen LogP contribution is 2.32. The Morgan fingerprint density at radius 1 is 1.29 bits per heavy atom. The van der Waals surface area contributed by atoms with Gasteiger partial charge in [-0.25, -0.2) is 4.98 Å². The molecule has 0 bridgehead atoms. The van der Waals surface area contributed by atoms with Gasteiger partial charge in [0.15, 0.2) is 5.13 Å². The average Bonchev–Trinajstić information content (AvgIpc) is 2.99. The van der Waals surface area contributed by atoms with Crippen LogP contribution in [0.1, 0.15) is 26.7 Å². The second-order valence-electron chi connectivity index (χ2n) is 5.68. The molecular formula is C17H20N2O4S. The van der Waals surface area contributed by atoms with Crippen molar-refractivity contribution in [1.29, 1.82) is 0 Å². The van der Waals surface area contributed by atoms with E-state index in [9.17, 15) is 9.59 Å². The standard InChI is InChI=1S/C17H20N2O4S/c1-11(2)9-23-14-6-4-3-5-12(14)13-10-24-17(18-13)19-15(20)7-8-16(21)22/h3-6,10-11H,7-9H2,1-2H3,(H,21,22)(H,18,19,20). The summed E-state index contributed by atoms with van der Waals surface area (Å²) in [6.45, 7) is 4.77. The fourth-order valence-electron chi connectivity index (χ4n) is 1.92. The Morgan fingerprint density at radius 2 is 2.04 bits per heavy atom. The van der Waals surface area contributed by atoms with Crippen molar-refractivity contribution in [3.8, 4) is 17.0 Å². The van der Waals surface area contributed by atoms with Gasteiger partial charge in [-0.2, -0.15) is 0 Å². The van der Waals surface area contributed by atoms with Gasteiger partial charge >= 0.3 is 5.97 Å². The van der Waals surface area contributed by atoms with Crippen molar-refractivity contribution in [2.45, 2.75) is 26.7 Å². The maximum atomic E-state index is 11.7. The highest BCUT2D eigenvalue weighted by molar-refractivity contribution is 7.14. The number of ether oxygens (including phenoxy) is 1. The van der Waals surface area contributed by atoms with Crippen molar-refractivity contribution in [1.82, 2.24) is 4.98 Å². The quantitative estimate of drug-likeness (QED) is 0.760. The summed E-state index contributed by atoms with van der Waals surface area (Å²) in [4.78, 5) is 26.6. The van der Waals surface area contributed by atoms with Crippen molar-refractivity contribution >= 4 is 28.3 Å². The molecule has 2 aromatic rings. The molecule has 2 N–H and O–H groups in total. The second kappa shape index (κ2) is 8.44. The summed E-state index contributed by atoms with van der Waals surface area (Å²) in [5.41, 5.74) is 1.58. The van der Waals surface area contributed by atoms with E-state index in [2.05, 4.69) is 24.1 Å². The Kier molecular flexibility index (Phi) is 6.31. The van der Waals surface area contributed by atoms with E-state index in [1.165, 1.54) is 11.3 Å². The highest BCUT2D eigenvalue weighted by Gasteiger charge is 2.12. The summed E-state index contributed by atoms with van der Waals surface area (Å²) in [5, 5.41) is 13.5. The number of carbonyl (C=O) groups is 2. The number of carboxylic acids is 1. The number of nitrogens with one attached hydrogen (secondary N) is 1. The first-order valence-electron chi connectivity index (χ1n) is 7.65. The molecule has 7 heteroatoms. The zero-order valence-corrected chi connectivity index (χ0v) is 14.4. The summed E-state index contributed by atoms with van der Waals surface area (Å²) in [5.74, 6) is -0.193. The van der Waals surface area contributed by atoms with Gasteiger partial charge in [-0.05, 0) is 18.1 Å². The Balaban J connectivity index is 2.07. The third-order valence-corrected chi connectivity index (χ3v) is 3.81. The van der Waals surface area contributed by atoms with Crippen LogP contribution >= 0.6 is 11.3 Å². The van der Waals surface area contributed by atoms with Gasteiger partial charge in [-0.3, -0.25) is 9.59 Å². The van der Waals surface area contributed by atoms with Crippen molar-refractivity contribution in [3.05, 3.63) is 29.6 Å². The molecule has 0 aliphatic heterocycles. The molecule has 1 aromatic carbocycles. The second-order valence-corrected chi connectivity index (χ2v) is 6.54. The summed E-state index contributed by atoms with van der Waals surface area (Å²) in [6.07, 6.45) is -0.270. The molecule has 0 spiro atoms. The number of carbonyl (C=O) groups excluding carboxylic acids is 1. The fraction of sp³-hybridized carbons (Fsp3) is 0.353. The molecule has 128 valence electrons. The van der Waals surface area contributed by atoms with Crippen LogP contribution < -0.4 is 10.1 Å². The Hall–Kier alpha value is -2.41. The van der Waals surface area contributed by atoms with E-state index in [0.717, 1.165) is 11.3 Å². The molecule has 0 atom stereocenters. The number of thiazole rings is 1. The van der Waals surface area contributed by atoms with Crippen molar-refractivity contribution in [2.24, 2.45) is 5.92 Å². The summed E-state index contributed by atoms with van der Waals surface area (Å²) >= 11 is 1.29. The molecule has 0 aliphatic carbocycles. The van der Waals surface area contributed by atoms with Crippen LogP contribution in [-0.2, 0) is 9.59 Å². The maximum absolute atomic E-state index is 11.7. The van der Waals surface area contributed by atoms with Crippen LogP contribution in [0.25, 0.3) is 11.3 Å². The van der Waals surface area contributed by atoms with Gasteiger partial charge in [0.2, 0.25) is 5.91 Å². The van der Waals surface area contributed by atoms with Gasteiger partial charge in [0, 0.05) is 17.4 Å². The lowest BCUT2D eigenvalue weighted by Crippen LogP contribution is -2.12. The third-order valence-electron chi connectivity index (χ3n) is 3.05. The lowest BCUT2D eigenvalue weighted by Gasteiger charge is -2.11. The van der Waals surface area contributed by atoms with Crippen LogP contribution in [0, 0.1) is 5.92 Å². The monoisotopic (exact) mass is 348 g/mol. The number of carboxylic acid groups (broad SMARTS) is 1. The summed E-state index contributed by atoms with van der Waals surface area (Å²) in [6, 6.07) is 7.62. The van der Waals surface area contributed by atoms with E-state index in [1.54, 1.807) is 0 Å². The van der Waals surface area contributed by atoms with Crippen LogP contribution in [0.2, 0.25) is 0 Å². The number of rotatable bonds is 8. The predicted octanol–water partition coefficient (Wildman–Crippen LogP) is 3.65. The summed E-state index contributed by atoms with van der Waals surface area (Å²) < 4.78 is 5.82. The maximum Gasteiger partial charge on any atom is 0.303 e. The van der Waals surface area contributed by atoms with Gasteiger partial charge in [0.05, 0.1) is 18.7 Å². The lowest BCUT2D eigenvalue weighted by molar-refractivity contribution is -0.138. The number of aromatic nitrogens is 1. The van der Waals surface area contributed by atoms with E-state index in [0.29, 0.717) is 23.4 Å². The first-order chi connectivity index (χ1) is 11.5. The molecule has 0 aliphatic rings. The number of anilines is 1. The minimum absolute atomic E-state index is 0.0711. The number of hydrogen-bond acceptors (Lipinski definition) is 5. The SMILES string of the molecule is CC(C)COc1ccccc1-c1csc(NC(=O)CCC(=O)O)n1. The van der Waals surface area contributed by atoms with Crippen LogP contribution in [0.3, 0.4) is 0 Å². The van der Waals surface area contributed by atoms with E-state index in [1.807, 2.05) is 29.6 Å². The topological polar surface area (TPSA) is 88.5 Å². The molecule has 0 radical (unpaired) electrons. The highest BCUT2D eigenvalue weighted by atomic mass is 32.1. The minimum Gasteiger partial charge on any atom is -0.493 e. The number of aliphatic carboxylic acids is 1. The van der Waals surface area contributed by atoms with Gasteiger partial charge in [0.1, 0.15) is 5.75 Å². The molecule has 0 saturated heterocycles. The van der Waals surface area contributed by atoms with Gasteiger partial charge in [-0.1, -0.05) is 26.0 Å². The number of benzene rings is 1. The number of para-hydroxylation sites is 1. The van der Waals surface area contributed by atoms with E-state index in [-0.39, 0.29) is 18.7 Å². The molecule has 1 aromatic heterocycles. The van der Waals surface area contributed by atoms with Crippen LogP contribution in [-0.4, -0.2) is 28.6 Å². The zero-order chi connectivity index (χ0) is 17.5. The largest absolute Gasteiger partial charge is 0.493 e. The van der Waals surface area contributed by atoms with Gasteiger partial charge < -0.3 is 15.2 Å². The first-order valence-corrected chi connectivity index (χ1v) is 8.53. The van der Waals surface area contributed by atoms with Crippen LogP contribution in [0.5, 0.6) is 5.75 Å². The molecule has 0 fully saturated rings. The molecule has 1 amide bonds. The number of amides is 1. The lowest BCUT2D eigenvalue weighted by atomic mass is 10.1. The van der Waals surface area contributed by atoms with Gasteiger partial charge in [-0.15, -0.1) is 11.3 Å². The Labute approximate surface area is 144 Å². The zero-order valence-electron chi connectivity index (χ0n) is 13.6. The van der Waals surface area contributed by atoms with E-state index < -0.39 is 5.97 Å². The van der Waals surface area contributed by atoms with Crippen molar-refractivity contribution in [2.75, 3.05) is 11.9 Å². The van der Waals surface area contributed by atoms with E-state index >= 15 is 0 Å². The minimum atomic E-state index is -0.999. The molecule has 2 rings (SSSR count). The smallest absolute Gasteiger partial charge is 0.303 e. The summed E-state index contributed by atoms with van der Waals surface area (Å²) in [7, 11) is 0.